The lowest BCUT2D eigenvalue weighted by atomic mass is 9.49. The molecule has 4 aliphatic rings. The second-order valence-corrected chi connectivity index (χ2v) is 8.27. The number of nitro groups is 1. The molecule has 28 heavy (non-hydrogen) atoms. The van der Waals surface area contributed by atoms with Gasteiger partial charge in [0.15, 0.2) is 0 Å². The molecule has 0 unspecified atom stereocenters. The van der Waals surface area contributed by atoms with Crippen molar-refractivity contribution in [1.29, 1.82) is 0 Å². The van der Waals surface area contributed by atoms with Crippen molar-refractivity contribution in [1.82, 2.24) is 20.7 Å². The maximum Gasteiger partial charge on any atom is 0.354 e. The average Bonchev–Trinajstić information content (AvgIpc) is 2.63. The summed E-state index contributed by atoms with van der Waals surface area (Å²) in [7, 11) is 0. The Morgan fingerprint density at radius 3 is 2.36 bits per heavy atom. The molecule has 5 rings (SSSR count). The van der Waals surface area contributed by atoms with Crippen LogP contribution in [0.25, 0.3) is 0 Å². The zero-order chi connectivity index (χ0) is 19.9. The highest BCUT2D eigenvalue weighted by atomic mass is 16.6. The Bertz CT molecular complexity index is 792. The summed E-state index contributed by atoms with van der Waals surface area (Å²) < 4.78 is 0. The van der Waals surface area contributed by atoms with E-state index in [0.29, 0.717) is 17.8 Å². The van der Waals surface area contributed by atoms with Crippen molar-refractivity contribution in [2.24, 2.45) is 23.2 Å². The Balaban J connectivity index is 1.31. The number of amides is 2. The number of hydrazine groups is 1. The van der Waals surface area contributed by atoms with Gasteiger partial charge in [0.05, 0.1) is 11.5 Å². The van der Waals surface area contributed by atoms with Crippen molar-refractivity contribution in [3.8, 4) is 0 Å². The number of rotatable bonds is 6. The fourth-order valence-corrected chi connectivity index (χ4v) is 5.57. The lowest BCUT2D eigenvalue weighted by Crippen LogP contribution is -2.54. The highest BCUT2D eigenvalue weighted by Crippen LogP contribution is 2.60. The topological polar surface area (TPSA) is 165 Å². The number of aromatic nitrogens is 2. The summed E-state index contributed by atoms with van der Waals surface area (Å²) in [6, 6.07) is 0. The van der Waals surface area contributed by atoms with Crippen LogP contribution in [-0.2, 0) is 9.59 Å². The molecule has 4 aliphatic carbocycles. The quantitative estimate of drug-likeness (QED) is 0.408. The Hall–Kier alpha value is -2.98. The normalized spacial score (nSPS) is 29.9. The van der Waals surface area contributed by atoms with Crippen LogP contribution in [0.1, 0.15) is 38.5 Å². The van der Waals surface area contributed by atoms with Gasteiger partial charge >= 0.3 is 5.69 Å². The number of nitrogens with one attached hydrogen (secondary N) is 3. The zero-order valence-electron chi connectivity index (χ0n) is 15.3. The third-order valence-corrected chi connectivity index (χ3v) is 6.28. The van der Waals surface area contributed by atoms with Crippen LogP contribution in [0.4, 0.5) is 17.3 Å². The molecule has 0 aromatic carbocycles. The summed E-state index contributed by atoms with van der Waals surface area (Å²) in [6.45, 7) is -0.220. The first-order valence-corrected chi connectivity index (χ1v) is 9.44. The summed E-state index contributed by atoms with van der Waals surface area (Å²) in [4.78, 5) is 42.5. The summed E-state index contributed by atoms with van der Waals surface area (Å²) in [5.74, 6) is 0.775. The molecule has 0 atom stereocenters. The van der Waals surface area contributed by atoms with Crippen LogP contribution in [0.3, 0.4) is 0 Å². The molecular weight excluding hydrogens is 366 g/mol. The van der Waals surface area contributed by atoms with Crippen LogP contribution in [0.5, 0.6) is 0 Å². The number of nitrogen functional groups attached to an aromatic ring is 1. The number of anilines is 2. The number of carbonyl (C=O) groups excluding carboxylic acids is 2. The first-order chi connectivity index (χ1) is 13.4. The molecule has 0 radical (unpaired) electrons. The molecule has 0 saturated heterocycles. The monoisotopic (exact) mass is 389 g/mol. The molecule has 150 valence electrons. The van der Waals surface area contributed by atoms with Gasteiger partial charge in [0.25, 0.3) is 5.91 Å². The SMILES string of the molecule is Nc1ncnc(NNC(=O)CNC(=O)C23CC4CC(CC(C4)C2)C3)c1[N+](=O)[O-]. The smallest absolute Gasteiger partial charge is 0.354 e. The molecular formula is C17H23N7O4. The van der Waals surface area contributed by atoms with Gasteiger partial charge in [0, 0.05) is 5.41 Å². The van der Waals surface area contributed by atoms with Gasteiger partial charge < -0.3 is 11.1 Å². The van der Waals surface area contributed by atoms with Gasteiger partial charge in [-0.1, -0.05) is 0 Å². The van der Waals surface area contributed by atoms with Crippen molar-refractivity contribution >= 4 is 29.1 Å². The van der Waals surface area contributed by atoms with Crippen LogP contribution in [0.2, 0.25) is 0 Å². The predicted octanol–water partition coefficient (Wildman–Crippen LogP) is 0.743. The Kier molecular flexibility index (Phi) is 4.52. The Morgan fingerprint density at radius 1 is 1.18 bits per heavy atom. The molecule has 4 fully saturated rings. The van der Waals surface area contributed by atoms with Crippen molar-refractivity contribution in [2.75, 3.05) is 17.7 Å². The van der Waals surface area contributed by atoms with Gasteiger partial charge in [-0.3, -0.25) is 30.6 Å². The van der Waals surface area contributed by atoms with E-state index in [1.807, 2.05) is 0 Å². The van der Waals surface area contributed by atoms with E-state index in [9.17, 15) is 19.7 Å². The van der Waals surface area contributed by atoms with Crippen LogP contribution >= 0.6 is 0 Å². The number of hydrogen-bond acceptors (Lipinski definition) is 8. The molecule has 2 amide bonds. The van der Waals surface area contributed by atoms with Gasteiger partial charge in [-0.15, -0.1) is 0 Å². The van der Waals surface area contributed by atoms with E-state index in [0.717, 1.165) is 25.6 Å². The molecule has 1 aromatic rings. The lowest BCUT2D eigenvalue weighted by molar-refractivity contribution is -0.383. The Labute approximate surface area is 161 Å². The van der Waals surface area contributed by atoms with E-state index in [1.54, 1.807) is 0 Å². The standard InChI is InChI=1S/C17H23N7O4/c18-14-13(24(27)28)15(21-8-20-14)23-22-12(25)7-19-16(26)17-4-9-1-10(5-17)3-11(2-9)6-17/h8-11H,1-7H2,(H,19,26)(H,22,25)(H3,18,20,21,23). The van der Waals surface area contributed by atoms with Gasteiger partial charge in [0.2, 0.25) is 17.5 Å². The van der Waals surface area contributed by atoms with Crippen molar-refractivity contribution < 1.29 is 14.5 Å². The average molecular weight is 389 g/mol. The maximum atomic E-state index is 12.8. The van der Waals surface area contributed by atoms with Crippen molar-refractivity contribution in [3.05, 3.63) is 16.4 Å². The fourth-order valence-electron chi connectivity index (χ4n) is 5.57. The van der Waals surface area contributed by atoms with Gasteiger partial charge in [0.1, 0.15) is 6.33 Å². The first kappa shape index (κ1) is 18.4. The van der Waals surface area contributed by atoms with E-state index >= 15 is 0 Å². The van der Waals surface area contributed by atoms with Crippen LogP contribution in [-0.4, -0.2) is 33.3 Å². The fraction of sp³-hybridized carbons (Fsp3) is 0.647. The molecule has 11 nitrogen and oxygen atoms in total. The summed E-state index contributed by atoms with van der Waals surface area (Å²) in [5.41, 5.74) is 9.28. The van der Waals surface area contributed by atoms with Crippen LogP contribution < -0.4 is 21.9 Å². The van der Waals surface area contributed by atoms with Crippen molar-refractivity contribution in [2.45, 2.75) is 38.5 Å². The van der Waals surface area contributed by atoms with Gasteiger partial charge in [-0.05, 0) is 56.3 Å². The number of hydrogen-bond donors (Lipinski definition) is 4. The minimum atomic E-state index is -0.737. The molecule has 0 aliphatic heterocycles. The first-order valence-electron chi connectivity index (χ1n) is 9.44. The Morgan fingerprint density at radius 2 is 1.79 bits per heavy atom. The molecule has 4 bridgehead atoms. The number of carbonyl (C=O) groups is 2. The largest absolute Gasteiger partial charge is 0.378 e. The highest BCUT2D eigenvalue weighted by Gasteiger charge is 2.54. The predicted molar refractivity (Wildman–Crippen MR) is 98.5 cm³/mol. The van der Waals surface area contributed by atoms with Gasteiger partial charge in [-0.25, -0.2) is 9.97 Å². The second-order valence-electron chi connectivity index (χ2n) is 8.27. The number of nitrogens with two attached hydrogens (primary N) is 1. The maximum absolute atomic E-state index is 12.8. The van der Waals surface area contributed by atoms with E-state index in [1.165, 1.54) is 19.3 Å². The number of nitrogens with zero attached hydrogens (tertiary/aromatic N) is 3. The lowest BCUT2D eigenvalue weighted by Gasteiger charge is -2.55. The minimum absolute atomic E-state index is 0.0565. The molecule has 4 saturated carbocycles. The molecule has 1 aromatic heterocycles. The van der Waals surface area contributed by atoms with E-state index in [4.69, 9.17) is 5.73 Å². The minimum Gasteiger partial charge on any atom is -0.378 e. The van der Waals surface area contributed by atoms with Crippen molar-refractivity contribution in [3.63, 3.8) is 0 Å². The van der Waals surface area contributed by atoms with Crippen LogP contribution in [0, 0.1) is 33.3 Å². The molecule has 5 N–H and O–H groups in total. The summed E-state index contributed by atoms with van der Waals surface area (Å²) in [5, 5.41) is 13.8. The van der Waals surface area contributed by atoms with Gasteiger partial charge in [-0.2, -0.15) is 0 Å². The van der Waals surface area contributed by atoms with E-state index in [2.05, 4.69) is 26.1 Å². The summed E-state index contributed by atoms with van der Waals surface area (Å²) in [6.07, 6.45) is 7.49. The van der Waals surface area contributed by atoms with E-state index in [-0.39, 0.29) is 29.5 Å². The molecule has 0 spiro atoms. The second kappa shape index (κ2) is 6.88. The molecule has 1 heterocycles. The molecule has 11 heteroatoms. The van der Waals surface area contributed by atoms with Crippen LogP contribution in [0.15, 0.2) is 6.33 Å². The van der Waals surface area contributed by atoms with E-state index < -0.39 is 16.5 Å². The highest BCUT2D eigenvalue weighted by molar-refractivity contribution is 5.88. The third kappa shape index (κ3) is 3.32. The third-order valence-electron chi connectivity index (χ3n) is 6.28. The zero-order valence-corrected chi connectivity index (χ0v) is 15.3. The summed E-state index contributed by atoms with van der Waals surface area (Å²) >= 11 is 0.